The third-order valence-electron chi connectivity index (χ3n) is 4.40. The van der Waals surface area contributed by atoms with Gasteiger partial charge in [0.2, 0.25) is 20.0 Å². The number of rotatable bonds is 4. The highest BCUT2D eigenvalue weighted by atomic mass is 32.2. The monoisotopic (exact) mass is 396 g/mol. The molecule has 0 atom stereocenters. The number of aryl methyl sites for hydroxylation is 1. The van der Waals surface area contributed by atoms with Gasteiger partial charge in [-0.05, 0) is 54.3 Å². The molecule has 140 valence electrons. The maximum atomic E-state index is 12.9. The van der Waals surface area contributed by atoms with E-state index in [1.54, 1.807) is 24.3 Å². The molecule has 2 aromatic carbocycles. The summed E-state index contributed by atoms with van der Waals surface area (Å²) in [5.74, 6) is 0.112. The Hall–Kier alpha value is -1.94. The lowest BCUT2D eigenvalue weighted by molar-refractivity contribution is 0.380. The van der Waals surface area contributed by atoms with Crippen LogP contribution in [0.2, 0.25) is 0 Å². The predicted molar refractivity (Wildman–Crippen MR) is 96.8 cm³/mol. The number of nitrogens with two attached hydrogens (primary N) is 1. The first-order chi connectivity index (χ1) is 12.1. The summed E-state index contributed by atoms with van der Waals surface area (Å²) in [6.07, 6.45) is 0.396. The molecule has 0 aromatic heterocycles. The van der Waals surface area contributed by atoms with Crippen LogP contribution < -0.4 is 9.88 Å². The summed E-state index contributed by atoms with van der Waals surface area (Å²) >= 11 is 0. The van der Waals surface area contributed by atoms with Gasteiger partial charge in [0, 0.05) is 13.1 Å². The van der Waals surface area contributed by atoms with Crippen LogP contribution in [0.4, 0.5) is 0 Å². The molecule has 0 amide bonds. The van der Waals surface area contributed by atoms with E-state index in [1.165, 1.54) is 17.5 Å². The van der Waals surface area contributed by atoms with E-state index in [4.69, 9.17) is 9.88 Å². The molecule has 3 rings (SSSR count). The summed E-state index contributed by atoms with van der Waals surface area (Å²) in [5, 5.41) is 5.24. The van der Waals surface area contributed by atoms with Crippen molar-refractivity contribution < 1.29 is 21.6 Å². The SMILES string of the molecule is COc1cc2c(cc1S(N)(=O)=O)CCN(S(=O)(=O)c1cccc(C)c1)C2. The lowest BCUT2D eigenvalue weighted by atomic mass is 10.0. The molecule has 2 N–H and O–H groups in total. The maximum Gasteiger partial charge on any atom is 0.243 e. The summed E-state index contributed by atoms with van der Waals surface area (Å²) < 4.78 is 55.8. The lowest BCUT2D eigenvalue weighted by Gasteiger charge is -2.29. The Morgan fingerprint density at radius 3 is 2.42 bits per heavy atom. The van der Waals surface area contributed by atoms with Crippen LogP contribution in [-0.4, -0.2) is 34.8 Å². The number of sulfonamides is 2. The standard InChI is InChI=1S/C17H20N2O5S2/c1-12-4-3-5-15(8-12)26(22,23)19-7-6-13-10-17(25(18,20)21)16(24-2)9-14(13)11-19/h3-5,8-10H,6-7,11H2,1-2H3,(H2,18,20,21). The predicted octanol–water partition coefficient (Wildman–Crippen LogP) is 1.40. The number of methoxy groups -OCH3 is 1. The van der Waals surface area contributed by atoms with Crippen molar-refractivity contribution in [3.8, 4) is 5.75 Å². The molecule has 0 radical (unpaired) electrons. The molecule has 26 heavy (non-hydrogen) atoms. The van der Waals surface area contributed by atoms with E-state index in [1.807, 2.05) is 13.0 Å². The summed E-state index contributed by atoms with van der Waals surface area (Å²) in [6.45, 7) is 2.25. The van der Waals surface area contributed by atoms with Gasteiger partial charge in [-0.15, -0.1) is 0 Å². The van der Waals surface area contributed by atoms with Gasteiger partial charge in [-0.1, -0.05) is 12.1 Å². The lowest BCUT2D eigenvalue weighted by Crippen LogP contribution is -2.36. The number of hydrogen-bond acceptors (Lipinski definition) is 5. The second-order valence-corrected chi connectivity index (χ2v) is 9.69. The van der Waals surface area contributed by atoms with Crippen molar-refractivity contribution in [1.29, 1.82) is 0 Å². The van der Waals surface area contributed by atoms with Crippen molar-refractivity contribution in [3.63, 3.8) is 0 Å². The molecule has 0 unspecified atom stereocenters. The van der Waals surface area contributed by atoms with Crippen molar-refractivity contribution in [2.75, 3.05) is 13.7 Å². The normalized spacial score (nSPS) is 15.5. The topological polar surface area (TPSA) is 107 Å². The van der Waals surface area contributed by atoms with E-state index in [2.05, 4.69) is 0 Å². The van der Waals surface area contributed by atoms with Gasteiger partial charge < -0.3 is 4.74 Å². The summed E-state index contributed by atoms with van der Waals surface area (Å²) in [4.78, 5) is 0.155. The molecule has 1 aliphatic heterocycles. The summed E-state index contributed by atoms with van der Waals surface area (Å²) in [5.41, 5.74) is 2.32. The highest BCUT2D eigenvalue weighted by Gasteiger charge is 2.30. The molecule has 1 heterocycles. The van der Waals surface area contributed by atoms with Crippen LogP contribution in [0.15, 0.2) is 46.2 Å². The van der Waals surface area contributed by atoms with Crippen molar-refractivity contribution in [2.24, 2.45) is 5.14 Å². The van der Waals surface area contributed by atoms with Gasteiger partial charge in [-0.2, -0.15) is 4.31 Å². The minimum Gasteiger partial charge on any atom is -0.495 e. The Morgan fingerprint density at radius 2 is 1.81 bits per heavy atom. The van der Waals surface area contributed by atoms with Crippen LogP contribution in [0.1, 0.15) is 16.7 Å². The molecule has 0 fully saturated rings. The Balaban J connectivity index is 2.00. The van der Waals surface area contributed by atoms with E-state index in [9.17, 15) is 16.8 Å². The van der Waals surface area contributed by atoms with Crippen LogP contribution >= 0.6 is 0 Å². The minimum atomic E-state index is -3.93. The second-order valence-electron chi connectivity index (χ2n) is 6.22. The van der Waals surface area contributed by atoms with E-state index in [-0.39, 0.29) is 28.6 Å². The van der Waals surface area contributed by atoms with Crippen molar-refractivity contribution in [2.45, 2.75) is 29.7 Å². The molecule has 7 nitrogen and oxygen atoms in total. The highest BCUT2D eigenvalue weighted by molar-refractivity contribution is 7.89. The molecule has 0 saturated heterocycles. The van der Waals surface area contributed by atoms with Crippen molar-refractivity contribution >= 4 is 20.0 Å². The molecule has 0 bridgehead atoms. The van der Waals surface area contributed by atoms with E-state index in [0.29, 0.717) is 12.0 Å². The third kappa shape index (κ3) is 3.48. The van der Waals surface area contributed by atoms with Crippen LogP contribution in [-0.2, 0) is 33.0 Å². The molecule has 0 aliphatic carbocycles. The Bertz CT molecular complexity index is 1060. The molecule has 2 aromatic rings. The van der Waals surface area contributed by atoms with Crippen LogP contribution in [0, 0.1) is 6.92 Å². The van der Waals surface area contributed by atoms with Crippen molar-refractivity contribution in [3.05, 3.63) is 53.1 Å². The average Bonchev–Trinajstić information content (AvgIpc) is 2.59. The average molecular weight is 396 g/mol. The number of fused-ring (bicyclic) bond motifs is 1. The number of benzene rings is 2. The zero-order chi connectivity index (χ0) is 19.1. The first-order valence-electron chi connectivity index (χ1n) is 7.92. The van der Waals surface area contributed by atoms with Gasteiger partial charge in [0.25, 0.3) is 0 Å². The minimum absolute atomic E-state index is 0.0891. The van der Waals surface area contributed by atoms with Gasteiger partial charge in [0.15, 0.2) is 0 Å². The molecular formula is C17H20N2O5S2. The first kappa shape index (κ1) is 18.8. The fourth-order valence-corrected chi connectivity index (χ4v) is 5.30. The fourth-order valence-electron chi connectivity index (χ4n) is 3.05. The first-order valence-corrected chi connectivity index (χ1v) is 10.9. The number of nitrogens with zero attached hydrogens (tertiary/aromatic N) is 1. The molecule has 9 heteroatoms. The summed E-state index contributed by atoms with van der Waals surface area (Å²) in [7, 11) is -6.21. The van der Waals surface area contributed by atoms with Gasteiger partial charge >= 0.3 is 0 Å². The molecule has 0 spiro atoms. The Morgan fingerprint density at radius 1 is 1.08 bits per heavy atom. The highest BCUT2D eigenvalue weighted by Crippen LogP contribution is 2.32. The van der Waals surface area contributed by atoms with Crippen LogP contribution in [0.3, 0.4) is 0 Å². The zero-order valence-corrected chi connectivity index (χ0v) is 16.1. The van der Waals surface area contributed by atoms with Crippen LogP contribution in [0.5, 0.6) is 5.75 Å². The summed E-state index contributed by atoms with van der Waals surface area (Å²) in [6, 6.07) is 9.77. The van der Waals surface area contributed by atoms with Gasteiger partial charge in [-0.25, -0.2) is 22.0 Å². The van der Waals surface area contributed by atoms with Crippen LogP contribution in [0.25, 0.3) is 0 Å². The van der Waals surface area contributed by atoms with E-state index >= 15 is 0 Å². The number of ether oxygens (including phenoxy) is 1. The maximum absolute atomic E-state index is 12.9. The quantitative estimate of drug-likeness (QED) is 0.841. The molecule has 1 aliphatic rings. The van der Waals surface area contributed by atoms with E-state index in [0.717, 1.165) is 11.1 Å². The van der Waals surface area contributed by atoms with Gasteiger partial charge in [0.05, 0.1) is 12.0 Å². The van der Waals surface area contributed by atoms with Gasteiger partial charge in [0.1, 0.15) is 10.6 Å². The van der Waals surface area contributed by atoms with E-state index < -0.39 is 20.0 Å². The largest absolute Gasteiger partial charge is 0.495 e. The zero-order valence-electron chi connectivity index (χ0n) is 14.5. The molecule has 0 saturated carbocycles. The Kier molecular flexibility index (Phi) is 4.82. The number of primary sulfonamides is 1. The third-order valence-corrected chi connectivity index (χ3v) is 7.17. The fraction of sp³-hybridized carbons (Fsp3) is 0.294. The van der Waals surface area contributed by atoms with Crippen molar-refractivity contribution in [1.82, 2.24) is 4.31 Å². The smallest absolute Gasteiger partial charge is 0.243 e. The molecular weight excluding hydrogens is 376 g/mol. The second kappa shape index (κ2) is 6.66. The van der Waals surface area contributed by atoms with Gasteiger partial charge in [-0.3, -0.25) is 0 Å². The number of hydrogen-bond donors (Lipinski definition) is 1. The Labute approximate surface area is 153 Å².